The Morgan fingerprint density at radius 1 is 1.09 bits per heavy atom. The van der Waals surface area contributed by atoms with E-state index in [2.05, 4.69) is 15.5 Å². The van der Waals surface area contributed by atoms with Gasteiger partial charge in [0, 0.05) is 6.07 Å². The minimum Gasteiger partial charge on any atom is -0.496 e. The highest BCUT2D eigenvalue weighted by Crippen LogP contribution is 2.36. The van der Waals surface area contributed by atoms with Crippen molar-refractivity contribution in [1.29, 1.82) is 0 Å². The fourth-order valence-electron chi connectivity index (χ4n) is 3.76. The Labute approximate surface area is 199 Å². The van der Waals surface area contributed by atoms with Gasteiger partial charge in [-0.15, -0.1) is 5.10 Å². The molecule has 34 heavy (non-hydrogen) atoms. The molecule has 3 aromatic carbocycles. The Morgan fingerprint density at radius 3 is 2.71 bits per heavy atom. The van der Waals surface area contributed by atoms with E-state index >= 15 is 0 Å². The number of rotatable bonds is 6. The second kappa shape index (κ2) is 8.99. The molecule has 0 radical (unpaired) electrons. The van der Waals surface area contributed by atoms with Crippen molar-refractivity contribution < 1.29 is 18.8 Å². The van der Waals surface area contributed by atoms with Gasteiger partial charge in [-0.1, -0.05) is 64.4 Å². The molecule has 0 amide bonds. The zero-order valence-corrected chi connectivity index (χ0v) is 19.1. The summed E-state index contributed by atoms with van der Waals surface area (Å²) in [5.74, 6) is 0.424. The molecule has 0 unspecified atom stereocenters. The zero-order valence-electron chi connectivity index (χ0n) is 18.4. The number of halogens is 1. The Balaban J connectivity index is 1.36. The number of methoxy groups -OCH3 is 1. The monoisotopic (exact) mass is 474 g/mol. The molecule has 0 aliphatic rings. The van der Waals surface area contributed by atoms with E-state index in [0.717, 1.165) is 16.3 Å². The summed E-state index contributed by atoms with van der Waals surface area (Å²) in [4.78, 5) is 12.7. The molecule has 5 rings (SSSR count). The lowest BCUT2D eigenvalue weighted by atomic mass is 10.0. The summed E-state index contributed by atoms with van der Waals surface area (Å²) in [6.45, 7) is 1.61. The largest absolute Gasteiger partial charge is 0.496 e. The molecule has 0 bridgehead atoms. The van der Waals surface area contributed by atoms with Crippen LogP contribution in [0.3, 0.4) is 0 Å². The van der Waals surface area contributed by atoms with Gasteiger partial charge in [0.2, 0.25) is 0 Å². The molecular weight excluding hydrogens is 456 g/mol. The fraction of sp³-hybridized carbons (Fsp3) is 0.120. The van der Waals surface area contributed by atoms with E-state index in [0.29, 0.717) is 33.6 Å². The number of benzene rings is 3. The van der Waals surface area contributed by atoms with E-state index in [1.165, 1.54) is 4.68 Å². The van der Waals surface area contributed by atoms with E-state index in [-0.39, 0.29) is 12.3 Å². The van der Waals surface area contributed by atoms with Crippen molar-refractivity contribution in [3.8, 4) is 22.7 Å². The number of aromatic nitrogens is 4. The number of para-hydroxylation sites is 1. The number of esters is 1. The highest BCUT2D eigenvalue weighted by Gasteiger charge is 2.21. The number of ether oxygens (including phenoxy) is 2. The van der Waals surface area contributed by atoms with Crippen molar-refractivity contribution in [2.24, 2.45) is 0 Å². The Bertz CT molecular complexity index is 1510. The molecular formula is C25H19ClN4O4. The first-order valence-electron chi connectivity index (χ1n) is 10.4. The van der Waals surface area contributed by atoms with Crippen molar-refractivity contribution in [1.82, 2.24) is 20.2 Å². The quantitative estimate of drug-likeness (QED) is 0.304. The summed E-state index contributed by atoms with van der Waals surface area (Å²) in [6, 6.07) is 20.7. The number of nitrogens with zero attached hydrogens (tertiary/aromatic N) is 4. The lowest BCUT2D eigenvalue weighted by Crippen LogP contribution is -2.08. The van der Waals surface area contributed by atoms with Crippen LogP contribution in [-0.2, 0) is 11.3 Å². The average molecular weight is 475 g/mol. The summed E-state index contributed by atoms with van der Waals surface area (Å²) in [5.41, 5.74) is 2.62. The van der Waals surface area contributed by atoms with Crippen LogP contribution in [0.1, 0.15) is 21.9 Å². The normalized spacial score (nSPS) is 11.0. The summed E-state index contributed by atoms with van der Waals surface area (Å²) < 4.78 is 17.9. The van der Waals surface area contributed by atoms with Crippen LogP contribution in [0.4, 0.5) is 0 Å². The van der Waals surface area contributed by atoms with Crippen LogP contribution in [0.15, 0.2) is 71.3 Å². The molecule has 0 aliphatic carbocycles. The summed E-state index contributed by atoms with van der Waals surface area (Å²) in [5, 5.41) is 14.7. The van der Waals surface area contributed by atoms with Crippen LogP contribution in [0.25, 0.3) is 27.7 Å². The molecule has 8 nitrogen and oxygen atoms in total. The van der Waals surface area contributed by atoms with Crippen LogP contribution in [0.2, 0.25) is 5.02 Å². The first-order chi connectivity index (χ1) is 16.6. The predicted molar refractivity (Wildman–Crippen MR) is 126 cm³/mol. The highest BCUT2D eigenvalue weighted by molar-refractivity contribution is 6.32. The van der Waals surface area contributed by atoms with Crippen LogP contribution in [-0.4, -0.2) is 33.2 Å². The minimum atomic E-state index is -0.628. The molecule has 0 saturated heterocycles. The maximum absolute atomic E-state index is 12.7. The van der Waals surface area contributed by atoms with Crippen LogP contribution >= 0.6 is 11.6 Å². The third-order valence-electron chi connectivity index (χ3n) is 5.44. The van der Waals surface area contributed by atoms with E-state index in [1.807, 2.05) is 48.5 Å². The second-order valence-corrected chi connectivity index (χ2v) is 7.91. The molecule has 0 fully saturated rings. The van der Waals surface area contributed by atoms with Crippen LogP contribution in [0.5, 0.6) is 5.75 Å². The van der Waals surface area contributed by atoms with E-state index in [4.69, 9.17) is 25.6 Å². The molecule has 9 heteroatoms. The van der Waals surface area contributed by atoms with Crippen molar-refractivity contribution in [2.45, 2.75) is 13.5 Å². The summed E-state index contributed by atoms with van der Waals surface area (Å²) in [6.07, 6.45) is 0. The average Bonchev–Trinajstić information content (AvgIpc) is 3.49. The Hall–Kier alpha value is -4.17. The minimum absolute atomic E-state index is 0.0929. The van der Waals surface area contributed by atoms with Crippen molar-refractivity contribution >= 4 is 28.3 Å². The number of hydrogen-bond acceptors (Lipinski definition) is 7. The fourth-order valence-corrected chi connectivity index (χ4v) is 3.98. The molecule has 0 aliphatic heterocycles. The molecule has 0 N–H and O–H groups in total. The molecule has 5 aromatic rings. The first-order valence-corrected chi connectivity index (χ1v) is 10.8. The van der Waals surface area contributed by atoms with Gasteiger partial charge in [-0.05, 0) is 35.9 Å². The van der Waals surface area contributed by atoms with E-state index < -0.39 is 5.97 Å². The smallest absolute Gasteiger partial charge is 0.361 e. The topological polar surface area (TPSA) is 92.3 Å². The zero-order chi connectivity index (χ0) is 23.7. The molecule has 0 atom stereocenters. The van der Waals surface area contributed by atoms with Gasteiger partial charge in [0.05, 0.1) is 29.1 Å². The number of hydrogen-bond donors (Lipinski definition) is 0. The summed E-state index contributed by atoms with van der Waals surface area (Å²) in [7, 11) is 1.61. The number of fused-ring (bicyclic) bond motifs is 1. The third kappa shape index (κ3) is 3.88. The van der Waals surface area contributed by atoms with Gasteiger partial charge < -0.3 is 14.0 Å². The van der Waals surface area contributed by atoms with Gasteiger partial charge in [0.25, 0.3) is 0 Å². The lowest BCUT2D eigenvalue weighted by Gasteiger charge is -2.09. The highest BCUT2D eigenvalue weighted by atomic mass is 35.5. The molecule has 170 valence electrons. The van der Waals surface area contributed by atoms with Crippen molar-refractivity contribution in [3.63, 3.8) is 0 Å². The first kappa shape index (κ1) is 21.7. The molecule has 0 spiro atoms. The lowest BCUT2D eigenvalue weighted by molar-refractivity contribution is 0.0429. The van der Waals surface area contributed by atoms with Crippen LogP contribution < -0.4 is 4.74 Å². The van der Waals surface area contributed by atoms with Crippen molar-refractivity contribution in [3.05, 3.63) is 88.9 Å². The standard InChI is InChI=1S/C25H19ClN4O4/c1-15-24(27-29-30(15)21-10-6-5-9-19(21)26)25(31)33-14-17-13-20(28-34-17)23-18-8-4-3-7-16(18)11-12-22(23)32-2/h3-13H,14H2,1-2H3. The summed E-state index contributed by atoms with van der Waals surface area (Å²) >= 11 is 6.24. The van der Waals surface area contributed by atoms with Gasteiger partial charge in [0.15, 0.2) is 18.1 Å². The number of carbonyl (C=O) groups is 1. The number of carbonyl (C=O) groups excluding carboxylic acids is 1. The van der Waals surface area contributed by atoms with E-state index in [9.17, 15) is 4.79 Å². The Morgan fingerprint density at radius 2 is 1.88 bits per heavy atom. The van der Waals surface area contributed by atoms with Gasteiger partial charge in [-0.25, -0.2) is 9.48 Å². The van der Waals surface area contributed by atoms with E-state index in [1.54, 1.807) is 32.2 Å². The van der Waals surface area contributed by atoms with Crippen LogP contribution in [0, 0.1) is 6.92 Å². The molecule has 2 heterocycles. The second-order valence-electron chi connectivity index (χ2n) is 7.51. The predicted octanol–water partition coefficient (Wildman–Crippen LogP) is 5.40. The maximum Gasteiger partial charge on any atom is 0.361 e. The maximum atomic E-state index is 12.7. The third-order valence-corrected chi connectivity index (χ3v) is 5.76. The van der Waals surface area contributed by atoms with Gasteiger partial charge in [0.1, 0.15) is 11.4 Å². The van der Waals surface area contributed by atoms with Gasteiger partial charge in [-0.2, -0.15) is 0 Å². The Kier molecular flexibility index (Phi) is 5.73. The van der Waals surface area contributed by atoms with Gasteiger partial charge in [-0.3, -0.25) is 0 Å². The SMILES string of the molecule is COc1ccc2ccccc2c1-c1cc(COC(=O)c2nnn(-c3ccccc3Cl)c2C)on1. The molecule has 2 aromatic heterocycles. The molecule has 0 saturated carbocycles. The van der Waals surface area contributed by atoms with Gasteiger partial charge >= 0.3 is 5.97 Å². The van der Waals surface area contributed by atoms with Crippen molar-refractivity contribution in [2.75, 3.05) is 7.11 Å².